The van der Waals surface area contributed by atoms with Gasteiger partial charge in [-0.2, -0.15) is 8.42 Å². The van der Waals surface area contributed by atoms with Gasteiger partial charge < -0.3 is 30.6 Å². The maximum atomic E-state index is 11.0. The Hall–Kier alpha value is 0.858. The van der Waals surface area contributed by atoms with Gasteiger partial charge in [-0.3, -0.25) is 14.1 Å². The van der Waals surface area contributed by atoms with Crippen molar-refractivity contribution in [1.29, 1.82) is 0 Å². The standard InChI is InChI=1S/C11H22O8S.C10H20O4.2Y/c1-11(2,3)8(4-7(5-12)10(14)15)9(6-13)19-20(16,17)18;1-10(2,3)8(6-12)4-7(5-11)9(13)14;;/h7-9,12-13H,4-6H2,1-3H3,(H,14,15)(H,16,17,18);7-8,11-12H,4-6H2,1-3H3,(H,13,14);;. The zero-order chi connectivity index (χ0) is 27.5. The summed E-state index contributed by atoms with van der Waals surface area (Å²) in [7, 11) is -4.77. The molecule has 0 aliphatic heterocycles. The van der Waals surface area contributed by atoms with Gasteiger partial charge >= 0.3 is 22.3 Å². The average Bonchev–Trinajstić information content (AvgIpc) is 2.65. The molecule has 2 radical (unpaired) electrons. The second-order valence-electron chi connectivity index (χ2n) is 10.4. The van der Waals surface area contributed by atoms with Gasteiger partial charge in [0, 0.05) is 72.0 Å². The zero-order valence-electron chi connectivity index (χ0n) is 21.9. The van der Waals surface area contributed by atoms with Crippen LogP contribution in [0.5, 0.6) is 0 Å². The summed E-state index contributed by atoms with van der Waals surface area (Å²) in [5, 5.41) is 53.9. The summed E-state index contributed by atoms with van der Waals surface area (Å²) in [6.07, 6.45) is -1.08. The molecule has 0 heterocycles. The summed E-state index contributed by atoms with van der Waals surface area (Å²) in [5.74, 6) is -4.93. The average molecular weight is 696 g/mol. The molecule has 5 unspecified atom stereocenters. The number of aliphatic carboxylic acids is 2. The molecule has 0 saturated carbocycles. The number of hydrogen-bond donors (Lipinski definition) is 7. The molecule has 0 aromatic carbocycles. The van der Waals surface area contributed by atoms with Crippen LogP contribution in [-0.2, 0) is 89.6 Å². The van der Waals surface area contributed by atoms with Gasteiger partial charge in [0.15, 0.2) is 0 Å². The van der Waals surface area contributed by atoms with Crippen LogP contribution in [0.2, 0.25) is 0 Å². The normalized spacial score (nSPS) is 16.1. The Bertz CT molecular complexity index is 719. The number of hydrogen-bond acceptors (Lipinski definition) is 9. The van der Waals surface area contributed by atoms with Gasteiger partial charge in [-0.1, -0.05) is 41.5 Å². The van der Waals surface area contributed by atoms with Crippen molar-refractivity contribution >= 4 is 22.3 Å². The van der Waals surface area contributed by atoms with Gasteiger partial charge in [0.05, 0.1) is 31.7 Å². The van der Waals surface area contributed by atoms with Crippen LogP contribution in [0.4, 0.5) is 0 Å². The first-order valence-corrected chi connectivity index (χ1v) is 12.2. The Labute approximate surface area is 264 Å². The minimum absolute atomic E-state index is 0. The Kier molecular flexibility index (Phi) is 24.2. The van der Waals surface area contributed by atoms with Crippen LogP contribution in [0.1, 0.15) is 54.4 Å². The van der Waals surface area contributed by atoms with E-state index in [1.165, 1.54) is 0 Å². The predicted octanol–water partition coefficient (Wildman–Crippen LogP) is 0.631. The van der Waals surface area contributed by atoms with Crippen molar-refractivity contribution in [3.63, 3.8) is 0 Å². The molecule has 15 heteroatoms. The van der Waals surface area contributed by atoms with E-state index in [0.29, 0.717) is 6.42 Å². The second-order valence-corrected chi connectivity index (χ2v) is 11.4. The predicted molar refractivity (Wildman–Crippen MR) is 122 cm³/mol. The van der Waals surface area contributed by atoms with Crippen molar-refractivity contribution in [1.82, 2.24) is 0 Å². The molecular weight excluding hydrogens is 654 g/mol. The molecule has 5 atom stereocenters. The molecule has 7 N–H and O–H groups in total. The molecule has 0 aliphatic carbocycles. The van der Waals surface area contributed by atoms with Crippen molar-refractivity contribution in [2.45, 2.75) is 60.5 Å². The first kappa shape index (κ1) is 43.9. The largest absolute Gasteiger partial charge is 0.481 e. The monoisotopic (exact) mass is 696 g/mol. The summed E-state index contributed by atoms with van der Waals surface area (Å²) in [5.41, 5.74) is -0.751. The Morgan fingerprint density at radius 2 is 1.11 bits per heavy atom. The van der Waals surface area contributed by atoms with Crippen molar-refractivity contribution in [3.05, 3.63) is 0 Å². The van der Waals surface area contributed by atoms with Crippen LogP contribution in [0.25, 0.3) is 0 Å². The maximum absolute atomic E-state index is 11.0. The van der Waals surface area contributed by atoms with E-state index in [1.54, 1.807) is 20.8 Å². The first-order valence-electron chi connectivity index (χ1n) is 10.8. The van der Waals surface area contributed by atoms with E-state index in [4.69, 9.17) is 30.1 Å². The van der Waals surface area contributed by atoms with E-state index in [9.17, 15) is 23.1 Å². The molecule has 210 valence electrons. The topological polar surface area (TPSA) is 219 Å². The van der Waals surface area contributed by atoms with Crippen molar-refractivity contribution in [2.75, 3.05) is 26.4 Å². The van der Waals surface area contributed by atoms with Crippen LogP contribution < -0.4 is 0 Å². The third kappa shape index (κ3) is 19.0. The van der Waals surface area contributed by atoms with E-state index in [0.717, 1.165) is 0 Å². The quantitative estimate of drug-likeness (QED) is 0.132. The third-order valence-electron chi connectivity index (χ3n) is 5.68. The van der Waals surface area contributed by atoms with Gasteiger partial charge in [0.1, 0.15) is 6.10 Å². The van der Waals surface area contributed by atoms with Crippen LogP contribution >= 0.6 is 0 Å². The minimum Gasteiger partial charge on any atom is -0.481 e. The van der Waals surface area contributed by atoms with Crippen LogP contribution in [0, 0.1) is 34.5 Å². The minimum atomic E-state index is -4.77. The Balaban J connectivity index is -0.000000285. The van der Waals surface area contributed by atoms with Gasteiger partial charge in [-0.15, -0.1) is 0 Å². The summed E-state index contributed by atoms with van der Waals surface area (Å²) in [6.45, 7) is 9.23. The number of carbonyl (C=O) groups is 2. The first-order chi connectivity index (χ1) is 15.2. The Morgan fingerprint density at radius 1 is 0.722 bits per heavy atom. The van der Waals surface area contributed by atoms with Gasteiger partial charge in [0.25, 0.3) is 0 Å². The van der Waals surface area contributed by atoms with Gasteiger partial charge in [0.2, 0.25) is 0 Å². The van der Waals surface area contributed by atoms with Crippen molar-refractivity contribution in [3.8, 4) is 0 Å². The second kappa shape index (κ2) is 19.8. The number of rotatable bonds is 13. The SMILES string of the molecule is CC(C)(C)C(CC(CO)C(=O)O)C(CO)OS(=O)(=O)O.CC(C)(C)C(CO)CC(CO)C(=O)O.[Y].[Y]. The smallest absolute Gasteiger partial charge is 0.397 e. The van der Waals surface area contributed by atoms with E-state index in [1.807, 2.05) is 20.8 Å². The third-order valence-corrected chi connectivity index (χ3v) is 6.17. The van der Waals surface area contributed by atoms with Crippen LogP contribution in [0.3, 0.4) is 0 Å². The molecular formula is C21H42O12SY2. The van der Waals surface area contributed by atoms with Gasteiger partial charge in [-0.25, -0.2) is 4.18 Å². The van der Waals surface area contributed by atoms with Gasteiger partial charge in [-0.05, 0) is 35.5 Å². The summed E-state index contributed by atoms with van der Waals surface area (Å²) >= 11 is 0. The summed E-state index contributed by atoms with van der Waals surface area (Å²) in [6, 6.07) is 0. The molecule has 0 rings (SSSR count). The van der Waals surface area contributed by atoms with Crippen molar-refractivity contribution in [2.24, 2.45) is 34.5 Å². The van der Waals surface area contributed by atoms with Crippen LogP contribution in [0.15, 0.2) is 0 Å². The van der Waals surface area contributed by atoms with Crippen molar-refractivity contribution < 1.29 is 123 Å². The fourth-order valence-corrected chi connectivity index (χ4v) is 3.81. The fourth-order valence-electron chi connectivity index (χ4n) is 3.30. The van der Waals surface area contributed by atoms with E-state index in [-0.39, 0.29) is 96.4 Å². The Morgan fingerprint density at radius 3 is 1.33 bits per heavy atom. The van der Waals surface area contributed by atoms with E-state index >= 15 is 0 Å². The fraction of sp³-hybridized carbons (Fsp3) is 0.905. The summed E-state index contributed by atoms with van der Waals surface area (Å²) in [4.78, 5) is 21.6. The number of carboxylic acids is 2. The van der Waals surface area contributed by atoms with E-state index in [2.05, 4.69) is 4.18 Å². The molecule has 0 aromatic heterocycles. The molecule has 36 heavy (non-hydrogen) atoms. The van der Waals surface area contributed by atoms with Crippen LogP contribution in [-0.4, -0.2) is 88.1 Å². The molecule has 0 aromatic rings. The van der Waals surface area contributed by atoms with E-state index < -0.39 is 64.8 Å². The maximum Gasteiger partial charge on any atom is 0.397 e. The number of aliphatic hydroxyl groups is 4. The number of carboxylic acid groups (broad SMARTS) is 2. The molecule has 12 nitrogen and oxygen atoms in total. The molecule has 0 bridgehead atoms. The molecule has 0 amide bonds. The zero-order valence-corrected chi connectivity index (χ0v) is 28.4. The molecule has 0 aliphatic rings. The molecule has 0 spiro atoms. The number of aliphatic hydroxyl groups excluding tert-OH is 4. The summed E-state index contributed by atoms with van der Waals surface area (Å²) < 4.78 is 34.7. The molecule has 0 saturated heterocycles. The molecule has 0 fully saturated rings.